The van der Waals surface area contributed by atoms with E-state index in [0.717, 1.165) is 84.3 Å². The zero-order valence-electron chi connectivity index (χ0n) is 32.9. The minimum atomic E-state index is -0.666. The van der Waals surface area contributed by atoms with Gasteiger partial charge in [-0.15, -0.1) is 0 Å². The molecule has 2 aromatic carbocycles. The summed E-state index contributed by atoms with van der Waals surface area (Å²) in [6.45, 7) is 4.16. The highest BCUT2D eigenvalue weighted by atomic mass is 35.5. The maximum absolute atomic E-state index is 13.4. The van der Waals surface area contributed by atoms with Crippen molar-refractivity contribution in [2.45, 2.75) is 127 Å². The molecule has 2 aromatic heterocycles. The third kappa shape index (κ3) is 6.44. The Morgan fingerprint density at radius 2 is 1.11 bits per heavy atom. The Labute approximate surface area is 343 Å². The average molecular weight is 816 g/mol. The fourth-order valence-electron chi connectivity index (χ4n) is 12.9. The number of amides is 2. The normalized spacial score (nSPS) is 31.7. The van der Waals surface area contributed by atoms with Gasteiger partial charge in [0.1, 0.15) is 0 Å². The molecular weight excluding hydrogens is 763 g/mol. The highest BCUT2D eigenvalue weighted by Gasteiger charge is 2.60. The van der Waals surface area contributed by atoms with Gasteiger partial charge in [-0.3, -0.25) is 19.2 Å². The summed E-state index contributed by atoms with van der Waals surface area (Å²) < 4.78 is 5.14. The highest BCUT2D eigenvalue weighted by molar-refractivity contribution is 6.36. The average Bonchev–Trinajstić information content (AvgIpc) is 3.81. The number of carboxylic acids is 1. The number of nitrogens with zero attached hydrogens (tertiary/aromatic N) is 2. The molecule has 4 aliphatic carbocycles. The molecule has 4 saturated heterocycles. The lowest BCUT2D eigenvalue weighted by molar-refractivity contribution is -0.181. The number of carboxylic acid groups (broad SMARTS) is 1. The number of aromatic nitrogens is 2. The van der Waals surface area contributed by atoms with Crippen LogP contribution in [0.4, 0.5) is 0 Å². The molecule has 10 nitrogen and oxygen atoms in total. The Morgan fingerprint density at radius 3 is 1.51 bits per heavy atom. The molecule has 12 rings (SSSR count). The quantitative estimate of drug-likeness (QED) is 0.152. The van der Waals surface area contributed by atoms with Gasteiger partial charge < -0.3 is 29.6 Å². The molecule has 8 fully saturated rings. The third-order valence-corrected chi connectivity index (χ3v) is 15.5. The van der Waals surface area contributed by atoms with E-state index in [9.17, 15) is 24.3 Å². The number of aromatic amines is 2. The molecule has 6 unspecified atom stereocenters. The molecule has 4 aliphatic heterocycles. The number of ether oxygens (including phenoxy) is 1. The zero-order valence-corrected chi connectivity index (χ0v) is 34.4. The van der Waals surface area contributed by atoms with Crippen LogP contribution in [0.25, 0.3) is 21.8 Å². The van der Waals surface area contributed by atoms with Crippen molar-refractivity contribution in [3.63, 3.8) is 0 Å². The van der Waals surface area contributed by atoms with Crippen molar-refractivity contribution < 1.29 is 29.0 Å². The summed E-state index contributed by atoms with van der Waals surface area (Å²) in [6, 6.07) is 12.1. The van der Waals surface area contributed by atoms with Gasteiger partial charge in [0, 0.05) is 71.2 Å². The topological polar surface area (TPSA) is 136 Å². The first-order valence-corrected chi connectivity index (χ1v) is 21.5. The van der Waals surface area contributed by atoms with Crippen molar-refractivity contribution in [3.8, 4) is 0 Å². The Kier molecular flexibility index (Phi) is 9.70. The summed E-state index contributed by atoms with van der Waals surface area (Å²) >= 11 is 12.8. The van der Waals surface area contributed by atoms with Crippen LogP contribution in [-0.2, 0) is 23.9 Å². The highest BCUT2D eigenvalue weighted by Crippen LogP contribution is 2.58. The van der Waals surface area contributed by atoms with E-state index in [1.165, 1.54) is 7.11 Å². The van der Waals surface area contributed by atoms with E-state index in [1.807, 2.05) is 53.7 Å². The first kappa shape index (κ1) is 38.5. The maximum Gasteiger partial charge on any atom is 0.311 e. The molecule has 12 heteroatoms. The van der Waals surface area contributed by atoms with E-state index in [0.29, 0.717) is 47.6 Å². The second-order valence-corrected chi connectivity index (χ2v) is 19.3. The lowest BCUT2D eigenvalue weighted by Gasteiger charge is -2.60. The molecule has 57 heavy (non-hydrogen) atoms. The van der Waals surface area contributed by atoms with Gasteiger partial charge in [0.2, 0.25) is 11.8 Å². The van der Waals surface area contributed by atoms with Crippen molar-refractivity contribution in [2.75, 3.05) is 7.11 Å². The Bertz CT molecular complexity index is 2230. The number of esters is 1. The number of methoxy groups -OCH3 is 1. The number of rotatable bonds is 8. The number of nitrogens with one attached hydrogen (secondary N) is 2. The van der Waals surface area contributed by atoms with Crippen LogP contribution in [0.1, 0.15) is 114 Å². The number of halogens is 2. The summed E-state index contributed by atoms with van der Waals surface area (Å²) in [4.78, 5) is 61.7. The van der Waals surface area contributed by atoms with Crippen LogP contribution in [-0.4, -0.2) is 79.9 Å². The fourth-order valence-corrected chi connectivity index (χ4v) is 13.4. The van der Waals surface area contributed by atoms with Crippen LogP contribution in [0.2, 0.25) is 10.0 Å². The number of carbonyl (C=O) groups excluding carboxylic acids is 3. The molecule has 6 heterocycles. The predicted octanol–water partition coefficient (Wildman–Crippen LogP) is 9.21. The lowest BCUT2D eigenvalue weighted by atomic mass is 9.55. The van der Waals surface area contributed by atoms with E-state index in [2.05, 4.69) is 28.7 Å². The first-order valence-electron chi connectivity index (χ1n) is 20.7. The van der Waals surface area contributed by atoms with Crippen molar-refractivity contribution in [3.05, 3.63) is 70.0 Å². The Morgan fingerprint density at radius 1 is 0.702 bits per heavy atom. The second-order valence-electron chi connectivity index (χ2n) is 18.5. The van der Waals surface area contributed by atoms with Gasteiger partial charge in [0.05, 0.1) is 28.0 Å². The number of piperidine rings is 4. The van der Waals surface area contributed by atoms with Gasteiger partial charge in [0.25, 0.3) is 0 Å². The summed E-state index contributed by atoms with van der Waals surface area (Å²) in [5, 5.41) is 13.2. The zero-order chi connectivity index (χ0) is 40.0. The molecule has 8 bridgehead atoms. The van der Waals surface area contributed by atoms with Crippen LogP contribution in [0.3, 0.4) is 0 Å². The summed E-state index contributed by atoms with van der Waals surface area (Å²) in [5.41, 5.74) is 3.19. The Hall–Kier alpha value is -4.02. The smallest absolute Gasteiger partial charge is 0.311 e. The number of H-pyrrole nitrogens is 2. The number of aliphatic carboxylic acids is 1. The minimum Gasteiger partial charge on any atom is -0.481 e. The first-order chi connectivity index (χ1) is 27.3. The molecule has 2 amide bonds. The molecule has 302 valence electrons. The van der Waals surface area contributed by atoms with Crippen molar-refractivity contribution in [1.29, 1.82) is 0 Å². The summed E-state index contributed by atoms with van der Waals surface area (Å²) in [7, 11) is 1.48. The molecule has 0 spiro atoms. The monoisotopic (exact) mass is 814 g/mol. The van der Waals surface area contributed by atoms with Gasteiger partial charge in [-0.2, -0.15) is 0 Å². The van der Waals surface area contributed by atoms with Gasteiger partial charge in [0.15, 0.2) is 0 Å². The number of fused-ring (bicyclic) bond motifs is 2. The van der Waals surface area contributed by atoms with Crippen LogP contribution >= 0.6 is 23.2 Å². The van der Waals surface area contributed by atoms with E-state index in [1.54, 1.807) is 0 Å². The number of hydrogen-bond acceptors (Lipinski definition) is 5. The molecule has 8 aliphatic rings. The fraction of sp³-hybridized carbons (Fsp3) is 0.556. The van der Waals surface area contributed by atoms with Crippen molar-refractivity contribution >= 4 is 68.8 Å². The van der Waals surface area contributed by atoms with Crippen molar-refractivity contribution in [1.82, 2.24) is 19.8 Å². The van der Waals surface area contributed by atoms with E-state index >= 15 is 0 Å². The van der Waals surface area contributed by atoms with Gasteiger partial charge >= 0.3 is 11.9 Å². The maximum atomic E-state index is 13.4. The minimum absolute atomic E-state index is 0.0479. The SMILES string of the molecule is CC(CC(=O)N1C2CC3CC1CC(C(=O)O)(C3)C2)c1c[nH]c2cccc(Cl)c12.COC(=O)C12CC3CC(C1)N(C(=O)CC(C)c1c[nH]c4cccc(Cl)c14)C(C3)C2. The van der Waals surface area contributed by atoms with E-state index < -0.39 is 11.4 Å². The standard InChI is InChI=1S/C23H27ClN2O3.C22H25ClN2O3/c1-13(17-12-25-19-5-3-4-18(24)21(17)19)6-20(27)26-15-7-14-8-16(26)11-23(9-14,10-15)22(28)29-2;1-12(16-11-24-18-4-2-3-17(23)20(16)18)5-19(26)25-14-6-13-7-15(25)10-22(8-13,9-14)21(27)28/h3-5,12-16,25H,6-11H2,1-2H3;2-4,11-15,24H,5-10H2,1H3,(H,27,28). The van der Waals surface area contributed by atoms with E-state index in [-0.39, 0.29) is 59.2 Å². The van der Waals surface area contributed by atoms with Crippen LogP contribution < -0.4 is 0 Å². The summed E-state index contributed by atoms with van der Waals surface area (Å²) in [6.07, 6.45) is 13.3. The van der Waals surface area contributed by atoms with Crippen LogP contribution in [0, 0.1) is 22.7 Å². The Balaban J connectivity index is 0.000000148. The van der Waals surface area contributed by atoms with Crippen LogP contribution in [0.15, 0.2) is 48.8 Å². The lowest BCUT2D eigenvalue weighted by Crippen LogP contribution is -2.65. The van der Waals surface area contributed by atoms with Gasteiger partial charge in [-0.25, -0.2) is 0 Å². The molecule has 4 saturated carbocycles. The number of benzene rings is 2. The van der Waals surface area contributed by atoms with E-state index in [4.69, 9.17) is 27.9 Å². The number of hydrogen-bond donors (Lipinski definition) is 3. The molecule has 0 radical (unpaired) electrons. The number of carbonyl (C=O) groups is 4. The van der Waals surface area contributed by atoms with Gasteiger partial charge in [-0.1, -0.05) is 49.2 Å². The predicted molar refractivity (Wildman–Crippen MR) is 219 cm³/mol. The van der Waals surface area contributed by atoms with Gasteiger partial charge in [-0.05, 0) is 123 Å². The van der Waals surface area contributed by atoms with Crippen LogP contribution in [0.5, 0.6) is 0 Å². The summed E-state index contributed by atoms with van der Waals surface area (Å²) in [5.74, 6) is 0.736. The molecule has 3 N–H and O–H groups in total. The molecule has 6 atom stereocenters. The van der Waals surface area contributed by atoms with Crippen molar-refractivity contribution in [2.24, 2.45) is 22.7 Å². The largest absolute Gasteiger partial charge is 0.481 e. The molecular formula is C45H52Cl2N4O6. The third-order valence-electron chi connectivity index (χ3n) is 14.9. The molecule has 4 aromatic rings. The second kappa shape index (κ2) is 14.4.